The van der Waals surface area contributed by atoms with E-state index >= 15 is 0 Å². The van der Waals surface area contributed by atoms with Crippen molar-refractivity contribution in [2.24, 2.45) is 0 Å². The van der Waals surface area contributed by atoms with Gasteiger partial charge in [0.2, 0.25) is 0 Å². The number of hydrogen-bond acceptors (Lipinski definition) is 8. The van der Waals surface area contributed by atoms with Gasteiger partial charge in [0, 0.05) is 17.5 Å². The topological polar surface area (TPSA) is 93.2 Å². The maximum Gasteiger partial charge on any atom is 0.263 e. The summed E-state index contributed by atoms with van der Waals surface area (Å²) in [4.78, 5) is 9.03. The Bertz CT molecular complexity index is 1260. The molecule has 2 heterocycles. The van der Waals surface area contributed by atoms with Crippen molar-refractivity contribution in [2.75, 3.05) is 17.1 Å². The van der Waals surface area contributed by atoms with E-state index in [1.807, 2.05) is 24.3 Å². The molecule has 10 heteroatoms. The molecule has 0 radical (unpaired) electrons. The number of ether oxygens (including phenoxy) is 1. The maximum absolute atomic E-state index is 12.5. The number of allylic oxidation sites excluding steroid dienone is 1. The number of sulfonamides is 1. The predicted molar refractivity (Wildman–Crippen MR) is 122 cm³/mol. The number of methoxy groups -OCH3 is 1. The molecule has 0 atom stereocenters. The van der Waals surface area contributed by atoms with Crippen LogP contribution in [0.5, 0.6) is 5.75 Å². The molecule has 0 spiro atoms. The van der Waals surface area contributed by atoms with E-state index in [1.54, 1.807) is 28.8 Å². The molecule has 154 valence electrons. The minimum Gasteiger partial charge on any atom is -0.497 e. The van der Waals surface area contributed by atoms with Crippen LogP contribution in [0.4, 0.5) is 10.3 Å². The van der Waals surface area contributed by atoms with Gasteiger partial charge < -0.3 is 10.1 Å². The average Bonchev–Trinajstić information content (AvgIpc) is 3.33. The SMILES string of the molecule is C=C(Cc1csc(NS(=O)(=O)c2ccc(OC)cc2)n1)Nc1nc2ccccc2s1. The van der Waals surface area contributed by atoms with Crippen LogP contribution in [0, 0.1) is 0 Å². The Morgan fingerprint density at radius 2 is 1.87 bits per heavy atom. The zero-order valence-electron chi connectivity index (χ0n) is 16.0. The third-order valence-corrected chi connectivity index (χ3v) is 7.36. The molecule has 7 nitrogen and oxygen atoms in total. The predicted octanol–water partition coefficient (Wildman–Crippen LogP) is 4.73. The Morgan fingerprint density at radius 1 is 1.10 bits per heavy atom. The van der Waals surface area contributed by atoms with Gasteiger partial charge >= 0.3 is 0 Å². The number of benzene rings is 2. The largest absolute Gasteiger partial charge is 0.497 e. The second-order valence-corrected chi connectivity index (χ2v) is 9.89. The summed E-state index contributed by atoms with van der Waals surface area (Å²) in [5.74, 6) is 0.588. The summed E-state index contributed by atoms with van der Waals surface area (Å²) in [5, 5.41) is 6.06. The third kappa shape index (κ3) is 4.61. The van der Waals surface area contributed by atoms with Crippen LogP contribution in [0.1, 0.15) is 5.69 Å². The maximum atomic E-state index is 12.5. The van der Waals surface area contributed by atoms with Crippen LogP contribution < -0.4 is 14.8 Å². The van der Waals surface area contributed by atoms with Crippen molar-refractivity contribution in [2.45, 2.75) is 11.3 Å². The van der Waals surface area contributed by atoms with Crippen LogP contribution in [0.25, 0.3) is 10.2 Å². The summed E-state index contributed by atoms with van der Waals surface area (Å²) in [6, 6.07) is 14.1. The molecule has 2 N–H and O–H groups in total. The normalized spacial score (nSPS) is 11.4. The summed E-state index contributed by atoms with van der Waals surface area (Å²) in [7, 11) is -2.19. The Labute approximate surface area is 182 Å². The van der Waals surface area contributed by atoms with Gasteiger partial charge in [-0.15, -0.1) is 11.3 Å². The number of hydrogen-bond donors (Lipinski definition) is 2. The zero-order chi connectivity index (χ0) is 21.1. The molecule has 0 aliphatic carbocycles. The third-order valence-electron chi connectivity index (χ3n) is 4.12. The molecule has 0 amide bonds. The van der Waals surface area contributed by atoms with Gasteiger partial charge in [-0.25, -0.2) is 18.4 Å². The number of anilines is 2. The fourth-order valence-electron chi connectivity index (χ4n) is 2.70. The number of para-hydroxylation sites is 1. The Balaban J connectivity index is 1.40. The second kappa shape index (κ2) is 8.42. The summed E-state index contributed by atoms with van der Waals surface area (Å²) < 4.78 is 33.7. The van der Waals surface area contributed by atoms with Crippen LogP contribution >= 0.6 is 22.7 Å². The lowest BCUT2D eigenvalue weighted by atomic mass is 10.3. The number of nitrogens with one attached hydrogen (secondary N) is 2. The van der Waals surface area contributed by atoms with E-state index in [1.165, 1.54) is 30.6 Å². The van der Waals surface area contributed by atoms with Crippen molar-refractivity contribution in [3.8, 4) is 5.75 Å². The standard InChI is InChI=1S/C20H18N4O3S3/c1-13(21-19-23-17-5-3-4-6-18(17)29-19)11-14-12-28-20(22-14)24-30(25,26)16-9-7-15(27-2)8-10-16/h3-10,12H,1,11H2,2H3,(H,21,23)(H,22,24). The highest BCUT2D eigenvalue weighted by Gasteiger charge is 2.16. The number of fused-ring (bicyclic) bond motifs is 1. The number of thiazole rings is 2. The summed E-state index contributed by atoms with van der Waals surface area (Å²) >= 11 is 2.77. The summed E-state index contributed by atoms with van der Waals surface area (Å²) in [6.45, 7) is 4.03. The van der Waals surface area contributed by atoms with Gasteiger partial charge in [0.05, 0.1) is 27.9 Å². The van der Waals surface area contributed by atoms with Crippen LogP contribution in [-0.2, 0) is 16.4 Å². The van der Waals surface area contributed by atoms with Crippen LogP contribution in [0.15, 0.2) is 71.1 Å². The molecular formula is C20H18N4O3S3. The first-order valence-electron chi connectivity index (χ1n) is 8.84. The lowest BCUT2D eigenvalue weighted by molar-refractivity contribution is 0.414. The van der Waals surface area contributed by atoms with Crippen molar-refractivity contribution in [3.63, 3.8) is 0 Å². The molecule has 2 aromatic carbocycles. The molecule has 0 aliphatic rings. The van der Waals surface area contributed by atoms with Gasteiger partial charge in [0.1, 0.15) is 5.75 Å². The van der Waals surface area contributed by atoms with Crippen molar-refractivity contribution < 1.29 is 13.2 Å². The van der Waals surface area contributed by atoms with E-state index in [-0.39, 0.29) is 4.90 Å². The van der Waals surface area contributed by atoms with E-state index < -0.39 is 10.0 Å². The van der Waals surface area contributed by atoms with E-state index in [0.717, 1.165) is 21.0 Å². The quantitative estimate of drug-likeness (QED) is 0.396. The number of rotatable bonds is 8. The molecule has 4 rings (SSSR count). The second-order valence-electron chi connectivity index (χ2n) is 6.32. The van der Waals surface area contributed by atoms with Gasteiger partial charge in [-0.2, -0.15) is 0 Å². The first kappa shape index (κ1) is 20.3. The number of aromatic nitrogens is 2. The Hall–Kier alpha value is -2.95. The van der Waals surface area contributed by atoms with E-state index in [4.69, 9.17) is 4.74 Å². The van der Waals surface area contributed by atoms with Crippen molar-refractivity contribution >= 4 is 53.2 Å². The molecule has 0 saturated heterocycles. The molecule has 0 unspecified atom stereocenters. The Kier molecular flexibility index (Phi) is 5.71. The lowest BCUT2D eigenvalue weighted by Gasteiger charge is -2.06. The first-order chi connectivity index (χ1) is 14.4. The minimum atomic E-state index is -3.72. The molecule has 0 saturated carbocycles. The van der Waals surface area contributed by atoms with Crippen molar-refractivity contribution in [1.82, 2.24) is 9.97 Å². The number of nitrogens with zero attached hydrogens (tertiary/aromatic N) is 2. The molecule has 0 fully saturated rings. The van der Waals surface area contributed by atoms with Crippen molar-refractivity contribution in [1.29, 1.82) is 0 Å². The monoisotopic (exact) mass is 458 g/mol. The highest BCUT2D eigenvalue weighted by Crippen LogP contribution is 2.27. The van der Waals surface area contributed by atoms with Crippen LogP contribution in [0.3, 0.4) is 0 Å². The van der Waals surface area contributed by atoms with E-state index in [9.17, 15) is 8.42 Å². The van der Waals surface area contributed by atoms with Gasteiger partial charge in [-0.1, -0.05) is 30.0 Å². The molecule has 0 aliphatic heterocycles. The zero-order valence-corrected chi connectivity index (χ0v) is 18.4. The molecule has 30 heavy (non-hydrogen) atoms. The summed E-state index contributed by atoms with van der Waals surface area (Å²) in [6.07, 6.45) is 0.455. The highest BCUT2D eigenvalue weighted by molar-refractivity contribution is 7.93. The molecule has 4 aromatic rings. The van der Waals surface area contributed by atoms with Crippen LogP contribution in [-0.4, -0.2) is 25.5 Å². The van der Waals surface area contributed by atoms with E-state index in [0.29, 0.717) is 23.0 Å². The van der Waals surface area contributed by atoms with Gasteiger partial charge in [0.15, 0.2) is 10.3 Å². The Morgan fingerprint density at radius 3 is 2.60 bits per heavy atom. The van der Waals surface area contributed by atoms with Gasteiger partial charge in [0.25, 0.3) is 10.0 Å². The average molecular weight is 459 g/mol. The van der Waals surface area contributed by atoms with Crippen LogP contribution in [0.2, 0.25) is 0 Å². The fourth-order valence-corrected chi connectivity index (χ4v) is 5.58. The first-order valence-corrected chi connectivity index (χ1v) is 12.0. The smallest absolute Gasteiger partial charge is 0.263 e. The van der Waals surface area contributed by atoms with E-state index in [2.05, 4.69) is 26.6 Å². The highest BCUT2D eigenvalue weighted by atomic mass is 32.2. The van der Waals surface area contributed by atoms with Gasteiger partial charge in [-0.05, 0) is 36.4 Å². The lowest BCUT2D eigenvalue weighted by Crippen LogP contribution is -2.12. The van der Waals surface area contributed by atoms with Gasteiger partial charge in [-0.3, -0.25) is 4.72 Å². The fraction of sp³-hybridized carbons (Fsp3) is 0.100. The molecule has 0 bridgehead atoms. The summed E-state index contributed by atoms with van der Waals surface area (Å²) in [5.41, 5.74) is 2.37. The minimum absolute atomic E-state index is 0.141. The molecule has 2 aromatic heterocycles. The van der Waals surface area contributed by atoms with Crippen molar-refractivity contribution in [3.05, 3.63) is 71.9 Å². The molecular weight excluding hydrogens is 440 g/mol.